The predicted molar refractivity (Wildman–Crippen MR) is 82.9 cm³/mol. The molecule has 2 nitrogen and oxygen atoms in total. The van der Waals surface area contributed by atoms with Gasteiger partial charge in [0.05, 0.1) is 6.10 Å². The van der Waals surface area contributed by atoms with E-state index in [1.165, 1.54) is 0 Å². The molecule has 21 heavy (non-hydrogen) atoms. The molecular weight excluding hydrogens is 289 g/mol. The minimum absolute atomic E-state index is 0.392. The highest BCUT2D eigenvalue weighted by Gasteiger charge is 2.32. The molecule has 0 bridgehead atoms. The van der Waals surface area contributed by atoms with Gasteiger partial charge in [-0.05, 0) is 37.0 Å². The zero-order valence-electron chi connectivity index (χ0n) is 12.0. The van der Waals surface area contributed by atoms with Crippen LogP contribution in [0.5, 0.6) is 0 Å². The standard InChI is InChI=1S/C17H19ClFNO/c1-11-4-5-12(14(18)9-11)10-20-8-2-3-13-15(19)6-7-16(21)17(13)20/h2-5,9,15-16,21H,6-8,10H2,1H3/t15-,16-/m1/s1. The topological polar surface area (TPSA) is 23.5 Å². The number of aliphatic hydroxyl groups is 1. The second kappa shape index (κ2) is 5.82. The maximum absolute atomic E-state index is 14.1. The van der Waals surface area contributed by atoms with Crippen molar-refractivity contribution < 1.29 is 9.50 Å². The van der Waals surface area contributed by atoms with Crippen LogP contribution in [0, 0.1) is 6.92 Å². The van der Waals surface area contributed by atoms with Gasteiger partial charge in [0.2, 0.25) is 0 Å². The lowest BCUT2D eigenvalue weighted by Crippen LogP contribution is -2.37. The normalized spacial score (nSPS) is 25.2. The second-order valence-electron chi connectivity index (χ2n) is 5.78. The molecule has 1 aliphatic carbocycles. The van der Waals surface area contributed by atoms with Crippen LogP contribution >= 0.6 is 11.6 Å². The number of alkyl halides is 1. The zero-order chi connectivity index (χ0) is 15.0. The Labute approximate surface area is 129 Å². The summed E-state index contributed by atoms with van der Waals surface area (Å²) in [5.41, 5.74) is 3.47. The van der Waals surface area contributed by atoms with E-state index >= 15 is 0 Å². The Morgan fingerprint density at radius 3 is 2.95 bits per heavy atom. The molecule has 112 valence electrons. The van der Waals surface area contributed by atoms with Gasteiger partial charge in [-0.3, -0.25) is 0 Å². The maximum atomic E-state index is 14.1. The summed E-state index contributed by atoms with van der Waals surface area (Å²) in [6.07, 6.45) is 3.08. The van der Waals surface area contributed by atoms with Crippen molar-refractivity contribution in [2.24, 2.45) is 0 Å². The minimum Gasteiger partial charge on any atom is -0.387 e. The highest BCUT2D eigenvalue weighted by molar-refractivity contribution is 6.31. The highest BCUT2D eigenvalue weighted by Crippen LogP contribution is 2.34. The maximum Gasteiger partial charge on any atom is 0.127 e. The first-order chi connectivity index (χ1) is 10.1. The number of hydrogen-bond acceptors (Lipinski definition) is 2. The van der Waals surface area contributed by atoms with Crippen molar-refractivity contribution in [1.29, 1.82) is 0 Å². The molecule has 1 aromatic rings. The molecule has 1 N–H and O–H groups in total. The predicted octanol–water partition coefficient (Wildman–Crippen LogP) is 3.77. The van der Waals surface area contributed by atoms with E-state index in [4.69, 9.17) is 11.6 Å². The summed E-state index contributed by atoms with van der Waals surface area (Å²) in [5.74, 6) is 0. The fourth-order valence-corrected chi connectivity index (χ4v) is 3.37. The molecule has 2 atom stereocenters. The molecule has 1 aromatic carbocycles. The summed E-state index contributed by atoms with van der Waals surface area (Å²) >= 11 is 6.29. The number of allylic oxidation sites excluding steroid dienone is 2. The summed E-state index contributed by atoms with van der Waals surface area (Å²) in [5, 5.41) is 11.0. The van der Waals surface area contributed by atoms with Crippen LogP contribution in [-0.2, 0) is 6.54 Å². The van der Waals surface area contributed by atoms with Gasteiger partial charge >= 0.3 is 0 Å². The zero-order valence-corrected chi connectivity index (χ0v) is 12.8. The summed E-state index contributed by atoms with van der Waals surface area (Å²) in [6, 6.07) is 5.95. The number of aliphatic hydroxyl groups excluding tert-OH is 1. The molecule has 1 aliphatic heterocycles. The molecule has 4 heteroatoms. The summed E-state index contributed by atoms with van der Waals surface area (Å²) < 4.78 is 14.1. The first-order valence-electron chi connectivity index (χ1n) is 7.29. The van der Waals surface area contributed by atoms with Gasteiger partial charge in [0.1, 0.15) is 6.17 Å². The van der Waals surface area contributed by atoms with E-state index in [1.807, 2.05) is 42.2 Å². The quantitative estimate of drug-likeness (QED) is 0.899. The summed E-state index contributed by atoms with van der Waals surface area (Å²) in [4.78, 5) is 2.03. The fourth-order valence-electron chi connectivity index (χ4n) is 3.07. The van der Waals surface area contributed by atoms with Gasteiger partial charge in [-0.2, -0.15) is 0 Å². The number of rotatable bonds is 2. The lowest BCUT2D eigenvalue weighted by molar-refractivity contribution is 0.124. The number of halogens is 2. The van der Waals surface area contributed by atoms with Crippen LogP contribution in [0.15, 0.2) is 41.6 Å². The van der Waals surface area contributed by atoms with Gasteiger partial charge in [-0.25, -0.2) is 4.39 Å². The average molecular weight is 308 g/mol. The van der Waals surface area contributed by atoms with Crippen LogP contribution in [0.2, 0.25) is 5.02 Å². The lowest BCUT2D eigenvalue weighted by atomic mass is 9.89. The molecule has 0 unspecified atom stereocenters. The van der Waals surface area contributed by atoms with E-state index in [0.29, 0.717) is 36.5 Å². The van der Waals surface area contributed by atoms with E-state index in [9.17, 15) is 9.50 Å². The van der Waals surface area contributed by atoms with Crippen molar-refractivity contribution in [1.82, 2.24) is 4.90 Å². The molecule has 1 heterocycles. The minimum atomic E-state index is -0.976. The Kier molecular flexibility index (Phi) is 4.05. The van der Waals surface area contributed by atoms with Crippen LogP contribution in [0.3, 0.4) is 0 Å². The number of nitrogens with zero attached hydrogens (tertiary/aromatic N) is 1. The fraction of sp³-hybridized carbons (Fsp3) is 0.412. The van der Waals surface area contributed by atoms with Crippen molar-refractivity contribution in [3.8, 4) is 0 Å². The number of benzene rings is 1. The largest absolute Gasteiger partial charge is 0.387 e. The first-order valence-corrected chi connectivity index (χ1v) is 7.67. The molecule has 0 saturated heterocycles. The average Bonchev–Trinajstić information content (AvgIpc) is 2.46. The van der Waals surface area contributed by atoms with E-state index < -0.39 is 12.3 Å². The van der Waals surface area contributed by atoms with Crippen LogP contribution in [0.1, 0.15) is 24.0 Å². The molecule has 0 spiro atoms. The van der Waals surface area contributed by atoms with Crippen LogP contribution in [-0.4, -0.2) is 28.8 Å². The van der Waals surface area contributed by atoms with Crippen LogP contribution < -0.4 is 0 Å². The molecular formula is C17H19ClFNO. The Bertz CT molecular complexity index is 611. The van der Waals surface area contributed by atoms with Gasteiger partial charge in [-0.1, -0.05) is 35.9 Å². The molecule has 0 radical (unpaired) electrons. The van der Waals surface area contributed by atoms with Gasteiger partial charge < -0.3 is 10.0 Å². The third kappa shape index (κ3) is 2.85. The van der Waals surface area contributed by atoms with Crippen molar-refractivity contribution in [3.05, 3.63) is 57.8 Å². The van der Waals surface area contributed by atoms with E-state index in [0.717, 1.165) is 16.8 Å². The first kappa shape index (κ1) is 14.6. The Balaban J connectivity index is 1.90. The van der Waals surface area contributed by atoms with Crippen LogP contribution in [0.25, 0.3) is 0 Å². The molecule has 0 amide bonds. The van der Waals surface area contributed by atoms with Crippen molar-refractivity contribution in [3.63, 3.8) is 0 Å². The second-order valence-corrected chi connectivity index (χ2v) is 6.19. The number of hydrogen-bond donors (Lipinski definition) is 1. The summed E-state index contributed by atoms with van der Waals surface area (Å²) in [6.45, 7) is 3.26. The third-order valence-corrected chi connectivity index (χ3v) is 4.53. The molecule has 0 saturated carbocycles. The van der Waals surface area contributed by atoms with Crippen molar-refractivity contribution >= 4 is 11.6 Å². The van der Waals surface area contributed by atoms with Crippen LogP contribution in [0.4, 0.5) is 4.39 Å². The molecule has 2 aliphatic rings. The lowest BCUT2D eigenvalue weighted by Gasteiger charge is -2.37. The Morgan fingerprint density at radius 2 is 2.19 bits per heavy atom. The summed E-state index contributed by atoms with van der Waals surface area (Å²) in [7, 11) is 0. The molecule has 0 aromatic heterocycles. The van der Waals surface area contributed by atoms with Gasteiger partial charge in [-0.15, -0.1) is 0 Å². The highest BCUT2D eigenvalue weighted by atomic mass is 35.5. The smallest absolute Gasteiger partial charge is 0.127 e. The molecule has 3 rings (SSSR count). The van der Waals surface area contributed by atoms with Gasteiger partial charge in [0, 0.05) is 29.4 Å². The van der Waals surface area contributed by atoms with Crippen molar-refractivity contribution in [2.75, 3.05) is 6.54 Å². The third-order valence-electron chi connectivity index (χ3n) is 4.18. The Hall–Kier alpha value is -1.32. The number of aryl methyl sites for hydroxylation is 1. The van der Waals surface area contributed by atoms with E-state index in [2.05, 4.69) is 0 Å². The Morgan fingerprint density at radius 1 is 1.38 bits per heavy atom. The van der Waals surface area contributed by atoms with Gasteiger partial charge in [0.25, 0.3) is 0 Å². The van der Waals surface area contributed by atoms with Crippen molar-refractivity contribution in [2.45, 2.75) is 38.6 Å². The van der Waals surface area contributed by atoms with Gasteiger partial charge in [0.15, 0.2) is 0 Å². The monoisotopic (exact) mass is 307 g/mol. The molecule has 0 fully saturated rings. The van der Waals surface area contributed by atoms with E-state index in [-0.39, 0.29) is 0 Å². The SMILES string of the molecule is Cc1ccc(CN2CC=CC3=C2[C@H](O)CC[C@H]3F)c(Cl)c1. The van der Waals surface area contributed by atoms with E-state index in [1.54, 1.807) is 0 Å².